The van der Waals surface area contributed by atoms with Crippen molar-refractivity contribution in [2.75, 3.05) is 5.32 Å². The maximum atomic E-state index is 12.6. The van der Waals surface area contributed by atoms with Gasteiger partial charge >= 0.3 is 0 Å². The summed E-state index contributed by atoms with van der Waals surface area (Å²) in [6.45, 7) is 3.54. The first kappa shape index (κ1) is 18.1. The van der Waals surface area contributed by atoms with E-state index in [2.05, 4.69) is 10.3 Å². The molecule has 7 heteroatoms. The van der Waals surface area contributed by atoms with E-state index in [1.165, 1.54) is 18.3 Å². The smallest absolute Gasteiger partial charge is 0.262 e. The summed E-state index contributed by atoms with van der Waals surface area (Å²) in [6, 6.07) is 13.6. The Hall–Kier alpha value is -3.32. The van der Waals surface area contributed by atoms with Crippen LogP contribution in [0.3, 0.4) is 0 Å². The van der Waals surface area contributed by atoms with E-state index in [0.29, 0.717) is 16.3 Å². The van der Waals surface area contributed by atoms with Gasteiger partial charge in [-0.05, 0) is 26.0 Å². The molecule has 1 aliphatic heterocycles. The number of fused-ring (bicyclic) bond motifs is 1. The topological polar surface area (TPSA) is 79.4 Å². The van der Waals surface area contributed by atoms with Crippen LogP contribution in [0.2, 0.25) is 0 Å². The van der Waals surface area contributed by atoms with Crippen LogP contribution < -0.4 is 5.32 Å². The number of anilines is 1. The summed E-state index contributed by atoms with van der Waals surface area (Å²) in [5, 5.41) is 4.98. The molecule has 6 nitrogen and oxygen atoms in total. The molecular formula is C21H17N3O3S. The van der Waals surface area contributed by atoms with E-state index in [1.807, 2.05) is 36.6 Å². The van der Waals surface area contributed by atoms with Gasteiger partial charge in [0.25, 0.3) is 11.8 Å². The number of carbonyl (C=O) groups is 3. The fourth-order valence-electron chi connectivity index (χ4n) is 3.07. The predicted octanol–water partition coefficient (Wildman–Crippen LogP) is 3.74. The minimum Gasteiger partial charge on any atom is -0.300 e. The van der Waals surface area contributed by atoms with Gasteiger partial charge in [-0.15, -0.1) is 11.3 Å². The average molecular weight is 391 g/mol. The second kappa shape index (κ2) is 7.01. The van der Waals surface area contributed by atoms with Crippen molar-refractivity contribution < 1.29 is 14.4 Å². The lowest BCUT2D eigenvalue weighted by Gasteiger charge is -2.21. The molecule has 3 aromatic rings. The molecule has 4 rings (SSSR count). The molecule has 0 fully saturated rings. The van der Waals surface area contributed by atoms with Crippen molar-refractivity contribution >= 4 is 34.2 Å². The van der Waals surface area contributed by atoms with Crippen LogP contribution in [0.4, 0.5) is 5.13 Å². The van der Waals surface area contributed by atoms with E-state index < -0.39 is 23.8 Å². The van der Waals surface area contributed by atoms with Gasteiger partial charge in [-0.2, -0.15) is 0 Å². The number of carbonyl (C=O) groups excluding carboxylic acids is 3. The largest absolute Gasteiger partial charge is 0.300 e. The van der Waals surface area contributed by atoms with Crippen molar-refractivity contribution in [1.82, 2.24) is 9.88 Å². The molecular weight excluding hydrogens is 374 g/mol. The third-order valence-corrected chi connectivity index (χ3v) is 5.43. The van der Waals surface area contributed by atoms with Gasteiger partial charge in [0.2, 0.25) is 5.91 Å². The van der Waals surface area contributed by atoms with Crippen LogP contribution in [-0.4, -0.2) is 33.6 Å². The van der Waals surface area contributed by atoms with Gasteiger partial charge < -0.3 is 5.32 Å². The second-order valence-electron chi connectivity index (χ2n) is 6.60. The van der Waals surface area contributed by atoms with Gasteiger partial charge in [0, 0.05) is 10.9 Å². The first-order valence-electron chi connectivity index (χ1n) is 8.76. The van der Waals surface area contributed by atoms with Crippen molar-refractivity contribution in [3.05, 3.63) is 70.6 Å². The molecule has 28 heavy (non-hydrogen) atoms. The monoisotopic (exact) mass is 391 g/mol. The van der Waals surface area contributed by atoms with Gasteiger partial charge in [0.1, 0.15) is 6.04 Å². The minimum absolute atomic E-state index is 0.322. The molecule has 2 heterocycles. The van der Waals surface area contributed by atoms with Gasteiger partial charge in [-0.25, -0.2) is 4.98 Å². The van der Waals surface area contributed by atoms with E-state index >= 15 is 0 Å². The molecule has 1 N–H and O–H groups in total. The molecule has 0 radical (unpaired) electrons. The Morgan fingerprint density at radius 2 is 1.64 bits per heavy atom. The number of imide groups is 1. The molecule has 1 unspecified atom stereocenters. The van der Waals surface area contributed by atoms with Crippen LogP contribution in [0, 0.1) is 6.92 Å². The van der Waals surface area contributed by atoms with Gasteiger partial charge in [0.05, 0.1) is 16.8 Å². The number of hydrogen-bond donors (Lipinski definition) is 1. The number of aryl methyl sites for hydroxylation is 1. The Labute approximate surface area is 165 Å². The Kier molecular flexibility index (Phi) is 4.52. The number of aromatic nitrogens is 1. The highest BCUT2D eigenvalue weighted by atomic mass is 32.1. The molecule has 3 amide bonds. The second-order valence-corrected chi connectivity index (χ2v) is 7.45. The fourth-order valence-corrected chi connectivity index (χ4v) is 3.80. The molecule has 140 valence electrons. The maximum Gasteiger partial charge on any atom is 0.262 e. The SMILES string of the molecule is Cc1ccc(-c2csc(NC(=O)C(C)N3C(=O)c4ccccc4C3=O)n2)cc1. The average Bonchev–Trinajstić information content (AvgIpc) is 3.25. The number of nitrogens with zero attached hydrogens (tertiary/aromatic N) is 2. The molecule has 1 aliphatic rings. The van der Waals surface area contributed by atoms with Crippen molar-refractivity contribution in [3.8, 4) is 11.3 Å². The highest BCUT2D eigenvalue weighted by Crippen LogP contribution is 2.27. The zero-order valence-electron chi connectivity index (χ0n) is 15.3. The molecule has 1 aromatic heterocycles. The third kappa shape index (κ3) is 3.10. The van der Waals surface area contributed by atoms with Crippen LogP contribution in [0.5, 0.6) is 0 Å². The summed E-state index contributed by atoms with van der Waals surface area (Å²) in [6.07, 6.45) is 0. The van der Waals surface area contributed by atoms with E-state index in [4.69, 9.17) is 0 Å². The third-order valence-electron chi connectivity index (χ3n) is 4.67. The maximum absolute atomic E-state index is 12.6. The number of thiazole rings is 1. The van der Waals surface area contributed by atoms with Crippen LogP contribution >= 0.6 is 11.3 Å². The van der Waals surface area contributed by atoms with E-state index in [1.54, 1.807) is 24.3 Å². The normalized spacial score (nSPS) is 14.1. The zero-order valence-corrected chi connectivity index (χ0v) is 16.1. The molecule has 0 saturated carbocycles. The lowest BCUT2D eigenvalue weighted by molar-refractivity contribution is -0.119. The number of amides is 3. The number of rotatable bonds is 4. The quantitative estimate of drug-likeness (QED) is 0.687. The summed E-state index contributed by atoms with van der Waals surface area (Å²) in [5.74, 6) is -1.37. The fraction of sp³-hybridized carbons (Fsp3) is 0.143. The summed E-state index contributed by atoms with van der Waals surface area (Å²) >= 11 is 1.29. The zero-order chi connectivity index (χ0) is 19.8. The number of nitrogens with one attached hydrogen (secondary N) is 1. The molecule has 0 saturated heterocycles. The minimum atomic E-state index is -0.945. The summed E-state index contributed by atoms with van der Waals surface area (Å²) < 4.78 is 0. The van der Waals surface area contributed by atoms with Crippen LogP contribution in [-0.2, 0) is 4.79 Å². The van der Waals surface area contributed by atoms with Crippen molar-refractivity contribution in [1.29, 1.82) is 0 Å². The van der Waals surface area contributed by atoms with Gasteiger partial charge in [-0.1, -0.05) is 42.0 Å². The Balaban J connectivity index is 1.49. The highest BCUT2D eigenvalue weighted by Gasteiger charge is 2.40. The molecule has 0 aliphatic carbocycles. The first-order valence-corrected chi connectivity index (χ1v) is 9.64. The lowest BCUT2D eigenvalue weighted by Crippen LogP contribution is -2.45. The Bertz CT molecular complexity index is 1050. The van der Waals surface area contributed by atoms with Crippen molar-refractivity contribution in [3.63, 3.8) is 0 Å². The highest BCUT2D eigenvalue weighted by molar-refractivity contribution is 7.14. The predicted molar refractivity (Wildman–Crippen MR) is 107 cm³/mol. The first-order chi connectivity index (χ1) is 13.5. The van der Waals surface area contributed by atoms with Crippen LogP contribution in [0.1, 0.15) is 33.2 Å². The van der Waals surface area contributed by atoms with E-state index in [0.717, 1.165) is 21.7 Å². The molecule has 1 atom stereocenters. The molecule has 2 aromatic carbocycles. The van der Waals surface area contributed by atoms with Gasteiger partial charge in [0.15, 0.2) is 5.13 Å². The molecule has 0 spiro atoms. The summed E-state index contributed by atoms with van der Waals surface area (Å²) in [4.78, 5) is 43.1. The number of benzene rings is 2. The van der Waals surface area contributed by atoms with E-state index in [-0.39, 0.29) is 0 Å². The van der Waals surface area contributed by atoms with Gasteiger partial charge in [-0.3, -0.25) is 19.3 Å². The Morgan fingerprint density at radius 3 is 2.25 bits per heavy atom. The van der Waals surface area contributed by atoms with Crippen LogP contribution in [0.15, 0.2) is 53.9 Å². The van der Waals surface area contributed by atoms with E-state index in [9.17, 15) is 14.4 Å². The lowest BCUT2D eigenvalue weighted by atomic mass is 10.1. The number of hydrogen-bond acceptors (Lipinski definition) is 5. The van der Waals surface area contributed by atoms with Crippen LogP contribution in [0.25, 0.3) is 11.3 Å². The Morgan fingerprint density at radius 1 is 1.04 bits per heavy atom. The molecule has 0 bridgehead atoms. The standard InChI is InChI=1S/C21H17N3O3S/c1-12-7-9-14(10-8-12)17-11-28-21(22-17)23-18(25)13(2)24-19(26)15-5-3-4-6-16(15)20(24)27/h3-11,13H,1-2H3,(H,22,23,25). The van der Waals surface area contributed by atoms with Crippen molar-refractivity contribution in [2.24, 2.45) is 0 Å². The summed E-state index contributed by atoms with van der Waals surface area (Å²) in [5.41, 5.74) is 3.51. The van der Waals surface area contributed by atoms with Crippen molar-refractivity contribution in [2.45, 2.75) is 19.9 Å². The summed E-state index contributed by atoms with van der Waals surface area (Å²) in [7, 11) is 0.